The van der Waals surface area contributed by atoms with Gasteiger partial charge in [0.05, 0.1) is 36.1 Å². The molecule has 0 bridgehead atoms. The molecule has 0 radical (unpaired) electrons. The molecule has 5 rings (SSSR count). The maximum absolute atomic E-state index is 4.56. The first-order chi connectivity index (χ1) is 12.7. The Morgan fingerprint density at radius 1 is 1.15 bits per heavy atom. The summed E-state index contributed by atoms with van der Waals surface area (Å²) < 4.78 is 3.80. The van der Waals surface area contributed by atoms with E-state index >= 15 is 0 Å². The number of fused-ring (bicyclic) bond motifs is 2. The van der Waals surface area contributed by atoms with Crippen LogP contribution in [-0.4, -0.2) is 37.9 Å². The van der Waals surface area contributed by atoms with Crippen LogP contribution < -0.4 is 15.5 Å². The number of benzene rings is 1. The van der Waals surface area contributed by atoms with E-state index in [1.807, 2.05) is 36.2 Å². The van der Waals surface area contributed by atoms with E-state index in [2.05, 4.69) is 55.8 Å². The lowest BCUT2D eigenvalue weighted by Gasteiger charge is -2.11. The third-order valence-corrected chi connectivity index (χ3v) is 4.61. The molecule has 3 aromatic heterocycles. The van der Waals surface area contributed by atoms with Crippen LogP contribution in [-0.2, 0) is 7.05 Å². The van der Waals surface area contributed by atoms with E-state index in [1.54, 1.807) is 10.9 Å². The number of aryl methyl sites for hydroxylation is 1. The number of hydrogen-bond donors (Lipinski definition) is 2. The molecule has 0 aliphatic carbocycles. The van der Waals surface area contributed by atoms with E-state index in [0.717, 1.165) is 34.9 Å². The first-order valence-corrected chi connectivity index (χ1v) is 8.36. The van der Waals surface area contributed by atoms with Crippen molar-refractivity contribution in [3.63, 3.8) is 0 Å². The molecule has 0 saturated carbocycles. The first kappa shape index (κ1) is 14.8. The minimum atomic E-state index is 0.717. The van der Waals surface area contributed by atoms with Crippen LogP contribution in [0, 0.1) is 0 Å². The summed E-state index contributed by atoms with van der Waals surface area (Å²) >= 11 is 0. The van der Waals surface area contributed by atoms with E-state index in [-0.39, 0.29) is 0 Å². The summed E-state index contributed by atoms with van der Waals surface area (Å²) in [4.78, 5) is 11.2. The Hall–Kier alpha value is -3.55. The van der Waals surface area contributed by atoms with Crippen LogP contribution in [0.1, 0.15) is 0 Å². The van der Waals surface area contributed by atoms with Crippen molar-refractivity contribution in [2.75, 3.05) is 29.2 Å². The summed E-state index contributed by atoms with van der Waals surface area (Å²) in [6.07, 6.45) is 9.34. The Kier molecular flexibility index (Phi) is 3.11. The zero-order valence-corrected chi connectivity index (χ0v) is 14.5. The van der Waals surface area contributed by atoms with E-state index in [0.29, 0.717) is 5.82 Å². The van der Waals surface area contributed by atoms with Crippen LogP contribution in [0.25, 0.3) is 16.9 Å². The van der Waals surface area contributed by atoms with Gasteiger partial charge in [-0.05, 0) is 18.2 Å². The fraction of sp³-hybridized carbons (Fsp3) is 0.167. The average molecular weight is 346 g/mol. The van der Waals surface area contributed by atoms with E-state index in [4.69, 9.17) is 0 Å². The second kappa shape index (κ2) is 5.48. The third-order valence-electron chi connectivity index (χ3n) is 4.61. The molecule has 26 heavy (non-hydrogen) atoms. The van der Waals surface area contributed by atoms with Gasteiger partial charge in [0.15, 0.2) is 11.5 Å². The number of aromatic nitrogens is 5. The predicted octanol–water partition coefficient (Wildman–Crippen LogP) is 2.69. The highest BCUT2D eigenvalue weighted by Gasteiger charge is 2.16. The number of hydrogen-bond acceptors (Lipinski definition) is 6. The molecule has 8 heteroatoms. The molecule has 2 N–H and O–H groups in total. The zero-order chi connectivity index (χ0) is 17.7. The quantitative estimate of drug-likeness (QED) is 0.594. The van der Waals surface area contributed by atoms with Crippen molar-refractivity contribution in [2.24, 2.45) is 7.05 Å². The molecular formula is C18H18N8. The van der Waals surface area contributed by atoms with Gasteiger partial charge in [0.25, 0.3) is 0 Å². The summed E-state index contributed by atoms with van der Waals surface area (Å²) in [5.41, 5.74) is 6.05. The van der Waals surface area contributed by atoms with E-state index < -0.39 is 0 Å². The summed E-state index contributed by atoms with van der Waals surface area (Å²) in [6.45, 7) is 0.821. The number of rotatable bonds is 3. The van der Waals surface area contributed by atoms with Gasteiger partial charge in [-0.15, -0.1) is 0 Å². The van der Waals surface area contributed by atoms with Crippen LogP contribution in [0.4, 0.5) is 22.9 Å². The zero-order valence-electron chi connectivity index (χ0n) is 14.5. The van der Waals surface area contributed by atoms with Crippen LogP contribution in [0.2, 0.25) is 0 Å². The number of anilines is 4. The van der Waals surface area contributed by atoms with Gasteiger partial charge >= 0.3 is 0 Å². The van der Waals surface area contributed by atoms with Crippen molar-refractivity contribution >= 4 is 28.5 Å². The van der Waals surface area contributed by atoms with Gasteiger partial charge in [0.2, 0.25) is 0 Å². The number of nitrogens with zero attached hydrogens (tertiary/aromatic N) is 6. The van der Waals surface area contributed by atoms with Crippen molar-refractivity contribution in [3.8, 4) is 11.3 Å². The molecule has 0 spiro atoms. The van der Waals surface area contributed by atoms with Crippen molar-refractivity contribution < 1.29 is 0 Å². The van der Waals surface area contributed by atoms with Crippen molar-refractivity contribution in [1.29, 1.82) is 0 Å². The summed E-state index contributed by atoms with van der Waals surface area (Å²) in [7, 11) is 3.97. The van der Waals surface area contributed by atoms with E-state index in [9.17, 15) is 0 Å². The predicted molar refractivity (Wildman–Crippen MR) is 102 cm³/mol. The van der Waals surface area contributed by atoms with Crippen molar-refractivity contribution in [1.82, 2.24) is 24.1 Å². The SMILES string of the molecule is CN1CNc2cc(Nc3nccn4c(-c5cnn(C)c5)cnc34)ccc21. The minimum absolute atomic E-state index is 0.717. The van der Waals surface area contributed by atoms with Crippen LogP contribution in [0.5, 0.6) is 0 Å². The summed E-state index contributed by atoms with van der Waals surface area (Å²) in [5.74, 6) is 0.717. The van der Waals surface area contributed by atoms with Gasteiger partial charge in [-0.25, -0.2) is 9.97 Å². The van der Waals surface area contributed by atoms with Gasteiger partial charge in [0, 0.05) is 43.9 Å². The highest BCUT2D eigenvalue weighted by Crippen LogP contribution is 2.34. The Morgan fingerprint density at radius 2 is 2.08 bits per heavy atom. The molecule has 0 unspecified atom stereocenters. The monoisotopic (exact) mass is 346 g/mol. The Labute approximate surface area is 150 Å². The second-order valence-corrected chi connectivity index (χ2v) is 6.41. The number of nitrogens with one attached hydrogen (secondary N) is 2. The molecular weight excluding hydrogens is 328 g/mol. The Morgan fingerprint density at radius 3 is 2.92 bits per heavy atom. The Bertz CT molecular complexity index is 1110. The lowest BCUT2D eigenvalue weighted by molar-refractivity contribution is 0.768. The summed E-state index contributed by atoms with van der Waals surface area (Å²) in [5, 5.41) is 11.0. The second-order valence-electron chi connectivity index (χ2n) is 6.41. The van der Waals surface area contributed by atoms with Gasteiger partial charge in [-0.2, -0.15) is 5.10 Å². The molecule has 4 heterocycles. The molecule has 0 amide bonds. The van der Waals surface area contributed by atoms with Crippen LogP contribution in [0.15, 0.2) is 49.2 Å². The molecule has 1 aliphatic heterocycles. The minimum Gasteiger partial charge on any atom is -0.366 e. The maximum Gasteiger partial charge on any atom is 0.180 e. The molecule has 0 saturated heterocycles. The lowest BCUT2D eigenvalue weighted by atomic mass is 10.2. The largest absolute Gasteiger partial charge is 0.366 e. The van der Waals surface area contributed by atoms with Crippen LogP contribution >= 0.6 is 0 Å². The van der Waals surface area contributed by atoms with Crippen molar-refractivity contribution in [2.45, 2.75) is 0 Å². The highest BCUT2D eigenvalue weighted by atomic mass is 15.3. The maximum atomic E-state index is 4.56. The van der Waals surface area contributed by atoms with Crippen molar-refractivity contribution in [3.05, 3.63) is 49.2 Å². The van der Waals surface area contributed by atoms with Gasteiger partial charge < -0.3 is 15.5 Å². The fourth-order valence-corrected chi connectivity index (χ4v) is 3.29. The average Bonchev–Trinajstić information content (AvgIpc) is 3.34. The molecule has 1 aliphatic rings. The first-order valence-electron chi connectivity index (χ1n) is 8.36. The standard InChI is InChI=1S/C18H18N8/c1-24-11-21-14-7-13(3-4-15(14)24)23-17-18-20-9-16(26(18)6-5-19-17)12-8-22-25(2)10-12/h3-10,21H,11H2,1-2H3,(H,19,23). The fourth-order valence-electron chi connectivity index (χ4n) is 3.29. The molecule has 1 aromatic carbocycles. The Balaban J connectivity index is 1.53. The molecule has 0 atom stereocenters. The highest BCUT2D eigenvalue weighted by molar-refractivity contribution is 5.81. The van der Waals surface area contributed by atoms with Gasteiger partial charge in [0.1, 0.15) is 0 Å². The molecule has 0 fully saturated rings. The molecule has 130 valence electrons. The topological polar surface area (TPSA) is 75.3 Å². The third kappa shape index (κ3) is 2.26. The normalized spacial score (nSPS) is 13.1. The van der Waals surface area contributed by atoms with Gasteiger partial charge in [-0.3, -0.25) is 9.08 Å². The van der Waals surface area contributed by atoms with E-state index in [1.165, 1.54) is 5.69 Å². The van der Waals surface area contributed by atoms with Crippen LogP contribution in [0.3, 0.4) is 0 Å². The molecule has 8 nitrogen and oxygen atoms in total. The smallest absolute Gasteiger partial charge is 0.180 e. The number of imidazole rings is 1. The summed E-state index contributed by atoms with van der Waals surface area (Å²) in [6, 6.07) is 6.25. The van der Waals surface area contributed by atoms with Gasteiger partial charge in [-0.1, -0.05) is 0 Å². The molecule has 4 aromatic rings. The lowest BCUT2D eigenvalue weighted by Crippen LogP contribution is -2.15.